The first-order valence-electron chi connectivity index (χ1n) is 8.49. The molecule has 1 aromatic carbocycles. The SMILES string of the molecule is CC(C)n1nnc2ccc3cnc(NC4CCCCC4)nc3c21. The number of nitrogens with zero attached hydrogens (tertiary/aromatic N) is 5. The van der Waals surface area contributed by atoms with Gasteiger partial charge in [-0.05, 0) is 38.8 Å². The average molecular weight is 310 g/mol. The molecular weight excluding hydrogens is 288 g/mol. The molecule has 0 spiro atoms. The van der Waals surface area contributed by atoms with Crippen LogP contribution in [0.3, 0.4) is 0 Å². The van der Waals surface area contributed by atoms with E-state index >= 15 is 0 Å². The Morgan fingerprint density at radius 2 is 2.00 bits per heavy atom. The highest BCUT2D eigenvalue weighted by molar-refractivity contribution is 6.01. The maximum absolute atomic E-state index is 4.79. The van der Waals surface area contributed by atoms with Crippen LogP contribution in [0.5, 0.6) is 0 Å². The second-order valence-electron chi connectivity index (χ2n) is 6.67. The molecule has 6 heteroatoms. The van der Waals surface area contributed by atoms with Crippen molar-refractivity contribution in [3.63, 3.8) is 0 Å². The summed E-state index contributed by atoms with van der Waals surface area (Å²) in [5, 5.41) is 13.1. The van der Waals surface area contributed by atoms with E-state index in [4.69, 9.17) is 4.98 Å². The van der Waals surface area contributed by atoms with E-state index in [0.29, 0.717) is 12.0 Å². The van der Waals surface area contributed by atoms with E-state index in [1.54, 1.807) is 0 Å². The molecule has 0 unspecified atom stereocenters. The Labute approximate surface area is 135 Å². The summed E-state index contributed by atoms with van der Waals surface area (Å²) in [5.41, 5.74) is 2.80. The fraction of sp³-hybridized carbons (Fsp3) is 0.529. The van der Waals surface area contributed by atoms with Crippen LogP contribution in [0.1, 0.15) is 52.0 Å². The maximum Gasteiger partial charge on any atom is 0.223 e. The van der Waals surface area contributed by atoms with Crippen LogP contribution in [-0.2, 0) is 0 Å². The Bertz CT molecular complexity index is 832. The van der Waals surface area contributed by atoms with Gasteiger partial charge < -0.3 is 5.32 Å². The van der Waals surface area contributed by atoms with Gasteiger partial charge in [-0.3, -0.25) is 0 Å². The highest BCUT2D eigenvalue weighted by Crippen LogP contribution is 2.26. The molecule has 0 bridgehead atoms. The fourth-order valence-corrected chi connectivity index (χ4v) is 3.38. The van der Waals surface area contributed by atoms with Crippen molar-refractivity contribution in [2.45, 2.75) is 58.0 Å². The van der Waals surface area contributed by atoms with Crippen molar-refractivity contribution < 1.29 is 0 Å². The van der Waals surface area contributed by atoms with Gasteiger partial charge in [0.15, 0.2) is 0 Å². The number of nitrogens with one attached hydrogen (secondary N) is 1. The molecule has 4 rings (SSSR count). The quantitative estimate of drug-likeness (QED) is 0.799. The summed E-state index contributed by atoms with van der Waals surface area (Å²) < 4.78 is 1.94. The summed E-state index contributed by atoms with van der Waals surface area (Å²) in [6, 6.07) is 4.74. The van der Waals surface area contributed by atoms with Gasteiger partial charge in [-0.15, -0.1) is 5.10 Å². The summed E-state index contributed by atoms with van der Waals surface area (Å²) >= 11 is 0. The minimum atomic E-state index is 0.246. The van der Waals surface area contributed by atoms with Gasteiger partial charge >= 0.3 is 0 Å². The largest absolute Gasteiger partial charge is 0.351 e. The van der Waals surface area contributed by atoms with Gasteiger partial charge in [0.2, 0.25) is 5.95 Å². The third kappa shape index (κ3) is 2.62. The van der Waals surface area contributed by atoms with Crippen LogP contribution >= 0.6 is 0 Å². The van der Waals surface area contributed by atoms with Gasteiger partial charge in [0.05, 0.1) is 0 Å². The number of aromatic nitrogens is 5. The number of hydrogen-bond donors (Lipinski definition) is 1. The first-order chi connectivity index (χ1) is 11.2. The number of rotatable bonds is 3. The summed E-state index contributed by atoms with van der Waals surface area (Å²) in [7, 11) is 0. The normalized spacial score (nSPS) is 16.5. The lowest BCUT2D eigenvalue weighted by Crippen LogP contribution is -2.23. The van der Waals surface area contributed by atoms with Crippen molar-refractivity contribution in [1.29, 1.82) is 0 Å². The molecule has 2 heterocycles. The fourth-order valence-electron chi connectivity index (χ4n) is 3.38. The molecule has 0 atom stereocenters. The van der Waals surface area contributed by atoms with Gasteiger partial charge in [-0.1, -0.05) is 24.5 Å². The first-order valence-corrected chi connectivity index (χ1v) is 8.49. The molecule has 0 radical (unpaired) electrons. The van der Waals surface area contributed by atoms with Crippen molar-refractivity contribution in [2.75, 3.05) is 5.32 Å². The lowest BCUT2D eigenvalue weighted by atomic mass is 9.96. The molecule has 120 valence electrons. The van der Waals surface area contributed by atoms with Gasteiger partial charge in [0.1, 0.15) is 16.6 Å². The molecule has 0 aliphatic heterocycles. The van der Waals surface area contributed by atoms with Crippen molar-refractivity contribution in [3.05, 3.63) is 18.3 Å². The van der Waals surface area contributed by atoms with Crippen LogP contribution in [0.2, 0.25) is 0 Å². The summed E-state index contributed by atoms with van der Waals surface area (Å²) in [6.45, 7) is 4.21. The Morgan fingerprint density at radius 1 is 1.17 bits per heavy atom. The molecule has 1 fully saturated rings. The molecule has 2 aromatic heterocycles. The number of benzene rings is 1. The second-order valence-corrected chi connectivity index (χ2v) is 6.67. The predicted octanol–water partition coefficient (Wildman–Crippen LogP) is 3.70. The summed E-state index contributed by atoms with van der Waals surface area (Å²) in [4.78, 5) is 9.28. The molecule has 1 saturated carbocycles. The summed E-state index contributed by atoms with van der Waals surface area (Å²) in [5.74, 6) is 0.716. The third-order valence-electron chi connectivity index (χ3n) is 4.61. The van der Waals surface area contributed by atoms with Crippen LogP contribution in [0.4, 0.5) is 5.95 Å². The Morgan fingerprint density at radius 3 is 2.78 bits per heavy atom. The molecule has 23 heavy (non-hydrogen) atoms. The molecule has 1 aliphatic carbocycles. The van der Waals surface area contributed by atoms with Crippen LogP contribution in [0, 0.1) is 0 Å². The Balaban J connectivity index is 1.79. The number of fused-ring (bicyclic) bond motifs is 3. The standard InChI is InChI=1S/C17H22N6/c1-11(2)23-16-14(21-22-23)9-8-12-10-18-17(20-15(12)16)19-13-6-4-3-5-7-13/h8-11,13H,3-7H2,1-2H3,(H,18,19,20). The van der Waals surface area contributed by atoms with Gasteiger partial charge in [-0.2, -0.15) is 0 Å². The van der Waals surface area contributed by atoms with Crippen molar-refractivity contribution in [3.8, 4) is 0 Å². The van der Waals surface area contributed by atoms with Crippen LogP contribution in [-0.4, -0.2) is 31.0 Å². The van der Waals surface area contributed by atoms with E-state index < -0.39 is 0 Å². The highest BCUT2D eigenvalue weighted by Gasteiger charge is 2.16. The minimum absolute atomic E-state index is 0.246. The minimum Gasteiger partial charge on any atom is -0.351 e. The third-order valence-corrected chi connectivity index (χ3v) is 4.61. The van der Waals surface area contributed by atoms with E-state index in [0.717, 1.165) is 21.9 Å². The summed E-state index contributed by atoms with van der Waals surface area (Å²) in [6.07, 6.45) is 8.23. The number of hydrogen-bond acceptors (Lipinski definition) is 5. The van der Waals surface area contributed by atoms with E-state index in [1.807, 2.05) is 23.0 Å². The molecule has 3 aromatic rings. The zero-order chi connectivity index (χ0) is 15.8. The Kier molecular flexibility index (Phi) is 3.59. The molecule has 0 saturated heterocycles. The van der Waals surface area contributed by atoms with Crippen LogP contribution < -0.4 is 5.32 Å². The average Bonchev–Trinajstić information content (AvgIpc) is 3.00. The molecular formula is C17H22N6. The second kappa shape index (κ2) is 5.76. The van der Waals surface area contributed by atoms with E-state index in [-0.39, 0.29) is 6.04 Å². The van der Waals surface area contributed by atoms with Gasteiger partial charge in [-0.25, -0.2) is 14.6 Å². The van der Waals surface area contributed by atoms with E-state index in [9.17, 15) is 0 Å². The van der Waals surface area contributed by atoms with Crippen LogP contribution in [0.15, 0.2) is 18.3 Å². The topological polar surface area (TPSA) is 68.5 Å². The number of anilines is 1. The predicted molar refractivity (Wildman–Crippen MR) is 91.5 cm³/mol. The maximum atomic E-state index is 4.79. The monoisotopic (exact) mass is 310 g/mol. The van der Waals surface area contributed by atoms with E-state index in [1.165, 1.54) is 32.1 Å². The molecule has 0 amide bonds. The molecule has 1 aliphatic rings. The van der Waals surface area contributed by atoms with E-state index in [2.05, 4.69) is 34.5 Å². The lowest BCUT2D eigenvalue weighted by molar-refractivity contribution is 0.461. The van der Waals surface area contributed by atoms with Crippen molar-refractivity contribution in [2.24, 2.45) is 0 Å². The lowest BCUT2D eigenvalue weighted by Gasteiger charge is -2.22. The van der Waals surface area contributed by atoms with Gasteiger partial charge in [0.25, 0.3) is 0 Å². The smallest absolute Gasteiger partial charge is 0.223 e. The molecule has 1 N–H and O–H groups in total. The molecule has 6 nitrogen and oxygen atoms in total. The van der Waals surface area contributed by atoms with Crippen LogP contribution in [0.25, 0.3) is 21.9 Å². The zero-order valence-electron chi connectivity index (χ0n) is 13.7. The zero-order valence-corrected chi connectivity index (χ0v) is 13.7. The van der Waals surface area contributed by atoms with Crippen molar-refractivity contribution >= 4 is 27.9 Å². The first kappa shape index (κ1) is 14.4. The van der Waals surface area contributed by atoms with Crippen molar-refractivity contribution in [1.82, 2.24) is 25.0 Å². The highest BCUT2D eigenvalue weighted by atomic mass is 15.4. The van der Waals surface area contributed by atoms with Gasteiger partial charge in [0, 0.05) is 23.7 Å². The Hall–Kier alpha value is -2.24.